The van der Waals surface area contributed by atoms with E-state index in [0.717, 1.165) is 0 Å². The molecule has 1 amide bonds. The number of nitrogens with zero attached hydrogens (tertiary/aromatic N) is 3. The van der Waals surface area contributed by atoms with Crippen LogP contribution in [-0.4, -0.2) is 47.3 Å². The van der Waals surface area contributed by atoms with E-state index in [2.05, 4.69) is 9.84 Å². The summed E-state index contributed by atoms with van der Waals surface area (Å²) in [6.45, 7) is 4.82. The fourth-order valence-electron chi connectivity index (χ4n) is 2.71. The monoisotopic (exact) mass is 359 g/mol. The first-order chi connectivity index (χ1) is 12.3. The topological polar surface area (TPSA) is 81.5 Å². The average molecular weight is 359 g/mol. The first-order valence-electron chi connectivity index (χ1n) is 8.67. The van der Waals surface area contributed by atoms with Gasteiger partial charge in [0.05, 0.1) is 12.5 Å². The second kappa shape index (κ2) is 8.60. The van der Waals surface area contributed by atoms with Crippen molar-refractivity contribution in [2.45, 2.75) is 33.2 Å². The highest BCUT2D eigenvalue weighted by Gasteiger charge is 2.20. The largest absolute Gasteiger partial charge is 0.469 e. The van der Waals surface area contributed by atoms with E-state index in [9.17, 15) is 14.4 Å². The van der Waals surface area contributed by atoms with E-state index < -0.39 is 0 Å². The van der Waals surface area contributed by atoms with Gasteiger partial charge in [-0.05, 0) is 18.4 Å². The number of esters is 1. The van der Waals surface area contributed by atoms with E-state index >= 15 is 0 Å². The normalized spacial score (nSPS) is 11.0. The number of methoxy groups -OCH3 is 1. The van der Waals surface area contributed by atoms with Crippen LogP contribution in [0.5, 0.6) is 0 Å². The second-order valence-corrected chi connectivity index (χ2v) is 6.68. The highest BCUT2D eigenvalue weighted by molar-refractivity contribution is 6.04. The Morgan fingerprint density at radius 1 is 1.23 bits per heavy atom. The Morgan fingerprint density at radius 2 is 1.88 bits per heavy atom. The molecule has 0 saturated carbocycles. The predicted octanol–water partition coefficient (Wildman–Crippen LogP) is 2.08. The van der Waals surface area contributed by atoms with Crippen LogP contribution in [0.2, 0.25) is 0 Å². The Balaban J connectivity index is 2.35. The van der Waals surface area contributed by atoms with Gasteiger partial charge in [-0.2, -0.15) is 5.10 Å². The van der Waals surface area contributed by atoms with Crippen LogP contribution in [0.25, 0.3) is 10.8 Å². The summed E-state index contributed by atoms with van der Waals surface area (Å²) in [5.74, 6) is -0.356. The summed E-state index contributed by atoms with van der Waals surface area (Å²) in [5.41, 5.74) is 0.0561. The molecule has 0 radical (unpaired) electrons. The quantitative estimate of drug-likeness (QED) is 0.707. The molecule has 26 heavy (non-hydrogen) atoms. The first kappa shape index (κ1) is 19.6. The van der Waals surface area contributed by atoms with Crippen molar-refractivity contribution in [2.75, 3.05) is 20.7 Å². The number of aromatic nitrogens is 2. The maximum absolute atomic E-state index is 12.9. The molecule has 0 atom stereocenters. The molecule has 1 aromatic heterocycles. The van der Waals surface area contributed by atoms with Crippen molar-refractivity contribution in [3.63, 3.8) is 0 Å². The Labute approximate surface area is 152 Å². The minimum absolute atomic E-state index is 0.195. The minimum atomic E-state index is -0.306. The molecule has 0 unspecified atom stereocenters. The lowest BCUT2D eigenvalue weighted by Crippen LogP contribution is -2.33. The van der Waals surface area contributed by atoms with Crippen molar-refractivity contribution in [1.82, 2.24) is 14.7 Å². The number of ether oxygens (including phenoxy) is 1. The van der Waals surface area contributed by atoms with Crippen LogP contribution >= 0.6 is 0 Å². The zero-order valence-corrected chi connectivity index (χ0v) is 15.7. The third-order valence-electron chi connectivity index (χ3n) is 4.06. The number of rotatable bonds is 7. The van der Waals surface area contributed by atoms with E-state index in [0.29, 0.717) is 30.3 Å². The second-order valence-electron chi connectivity index (χ2n) is 6.68. The van der Waals surface area contributed by atoms with Gasteiger partial charge in [-0.15, -0.1) is 0 Å². The van der Waals surface area contributed by atoms with Crippen molar-refractivity contribution in [1.29, 1.82) is 0 Å². The molecule has 7 nitrogen and oxygen atoms in total. The molecule has 0 N–H and O–H groups in total. The standard InChI is InChI=1S/C19H25N3O4/c1-13(2)12-22-18(24)15-9-6-5-8-14(15)17(20-22)19(25)21(3)11-7-10-16(23)26-4/h5-6,8-9,13H,7,10-12H2,1-4H3. The molecule has 0 aliphatic heterocycles. The molecule has 1 heterocycles. The van der Waals surface area contributed by atoms with Crippen molar-refractivity contribution >= 4 is 22.6 Å². The first-order valence-corrected chi connectivity index (χ1v) is 8.67. The summed E-state index contributed by atoms with van der Waals surface area (Å²) < 4.78 is 5.97. The lowest BCUT2D eigenvalue weighted by atomic mass is 10.1. The van der Waals surface area contributed by atoms with Crippen LogP contribution in [-0.2, 0) is 16.1 Å². The van der Waals surface area contributed by atoms with Gasteiger partial charge in [0.2, 0.25) is 0 Å². The minimum Gasteiger partial charge on any atom is -0.469 e. The number of carbonyl (C=O) groups is 2. The van der Waals surface area contributed by atoms with Gasteiger partial charge in [0, 0.05) is 31.9 Å². The summed E-state index contributed by atoms with van der Waals surface area (Å²) in [6.07, 6.45) is 0.744. The van der Waals surface area contributed by atoms with Gasteiger partial charge in [-0.3, -0.25) is 14.4 Å². The summed E-state index contributed by atoms with van der Waals surface area (Å²) in [6, 6.07) is 7.01. The van der Waals surface area contributed by atoms with Gasteiger partial charge in [0.1, 0.15) is 0 Å². The fourth-order valence-corrected chi connectivity index (χ4v) is 2.71. The average Bonchev–Trinajstić information content (AvgIpc) is 2.62. The highest BCUT2D eigenvalue weighted by Crippen LogP contribution is 2.15. The smallest absolute Gasteiger partial charge is 0.305 e. The van der Waals surface area contributed by atoms with Crippen LogP contribution in [0, 0.1) is 5.92 Å². The zero-order valence-electron chi connectivity index (χ0n) is 15.7. The van der Waals surface area contributed by atoms with Crippen molar-refractivity contribution in [3.8, 4) is 0 Å². The molecule has 7 heteroatoms. The van der Waals surface area contributed by atoms with Crippen LogP contribution < -0.4 is 5.56 Å². The van der Waals surface area contributed by atoms with E-state index in [1.165, 1.54) is 16.7 Å². The van der Waals surface area contributed by atoms with Gasteiger partial charge in [-0.1, -0.05) is 32.0 Å². The summed E-state index contributed by atoms with van der Waals surface area (Å²) in [4.78, 5) is 38.2. The molecule has 0 spiro atoms. The predicted molar refractivity (Wildman–Crippen MR) is 99.1 cm³/mol. The Morgan fingerprint density at radius 3 is 2.50 bits per heavy atom. The molecule has 0 aliphatic carbocycles. The Bertz CT molecular complexity index is 857. The number of hydrogen-bond acceptors (Lipinski definition) is 5. The van der Waals surface area contributed by atoms with Gasteiger partial charge in [-0.25, -0.2) is 4.68 Å². The van der Waals surface area contributed by atoms with Crippen LogP contribution in [0.3, 0.4) is 0 Å². The maximum atomic E-state index is 12.9. The SMILES string of the molecule is COC(=O)CCCN(C)C(=O)c1nn(CC(C)C)c(=O)c2ccccc12. The number of fused-ring (bicyclic) bond motifs is 1. The van der Waals surface area contributed by atoms with Crippen molar-refractivity contribution in [2.24, 2.45) is 5.92 Å². The fraction of sp³-hybridized carbons (Fsp3) is 0.474. The number of hydrogen-bond donors (Lipinski definition) is 0. The van der Waals surface area contributed by atoms with E-state index in [4.69, 9.17) is 0 Å². The lowest BCUT2D eigenvalue weighted by molar-refractivity contribution is -0.140. The van der Waals surface area contributed by atoms with Crippen LogP contribution in [0.15, 0.2) is 29.1 Å². The summed E-state index contributed by atoms with van der Waals surface area (Å²) in [5, 5.41) is 5.37. The molecule has 1 aromatic carbocycles. The molecule has 2 aromatic rings. The summed E-state index contributed by atoms with van der Waals surface area (Å²) in [7, 11) is 3.00. The van der Waals surface area contributed by atoms with E-state index in [-0.39, 0.29) is 35.5 Å². The molecule has 0 bridgehead atoms. The van der Waals surface area contributed by atoms with Gasteiger partial charge >= 0.3 is 5.97 Å². The molecule has 0 fully saturated rings. The van der Waals surface area contributed by atoms with Gasteiger partial charge in [0.25, 0.3) is 11.5 Å². The number of benzene rings is 1. The third-order valence-corrected chi connectivity index (χ3v) is 4.06. The van der Waals surface area contributed by atoms with Crippen molar-refractivity contribution < 1.29 is 14.3 Å². The van der Waals surface area contributed by atoms with E-state index in [1.54, 1.807) is 31.3 Å². The van der Waals surface area contributed by atoms with Gasteiger partial charge < -0.3 is 9.64 Å². The molecule has 140 valence electrons. The number of amides is 1. The Hall–Kier alpha value is -2.70. The molecular formula is C19H25N3O4. The van der Waals surface area contributed by atoms with E-state index in [1.807, 2.05) is 13.8 Å². The lowest BCUT2D eigenvalue weighted by Gasteiger charge is -2.18. The van der Waals surface area contributed by atoms with Crippen LogP contribution in [0.4, 0.5) is 0 Å². The van der Waals surface area contributed by atoms with Gasteiger partial charge in [0.15, 0.2) is 5.69 Å². The zero-order chi connectivity index (χ0) is 19.3. The molecular weight excluding hydrogens is 334 g/mol. The molecule has 0 saturated heterocycles. The van der Waals surface area contributed by atoms with Crippen LogP contribution in [0.1, 0.15) is 37.2 Å². The molecule has 0 aliphatic rings. The van der Waals surface area contributed by atoms with Crippen molar-refractivity contribution in [3.05, 3.63) is 40.3 Å². The molecule has 2 rings (SSSR count). The third kappa shape index (κ3) is 4.47. The Kier molecular flexibility index (Phi) is 6.49. The number of carbonyl (C=O) groups excluding carboxylic acids is 2. The summed E-state index contributed by atoms with van der Waals surface area (Å²) >= 11 is 0. The highest BCUT2D eigenvalue weighted by atomic mass is 16.5. The maximum Gasteiger partial charge on any atom is 0.305 e.